The topological polar surface area (TPSA) is 90.1 Å². The van der Waals surface area contributed by atoms with Crippen LogP contribution in [0, 0.1) is 0 Å². The number of anilines is 1. The van der Waals surface area contributed by atoms with Crippen molar-refractivity contribution in [1.82, 2.24) is 20.6 Å². The maximum absolute atomic E-state index is 12.8. The third-order valence-corrected chi connectivity index (χ3v) is 6.36. The number of H-pyrrole nitrogens is 1. The van der Waals surface area contributed by atoms with Crippen LogP contribution in [0.4, 0.5) is 5.69 Å². The predicted octanol–water partition coefficient (Wildman–Crippen LogP) is 4.47. The van der Waals surface area contributed by atoms with Crippen LogP contribution in [0.2, 0.25) is 10.0 Å². The van der Waals surface area contributed by atoms with Gasteiger partial charge in [-0.25, -0.2) is 4.98 Å². The third-order valence-electron chi connectivity index (χ3n) is 5.82. The lowest BCUT2D eigenvalue weighted by molar-refractivity contribution is -0.120. The lowest BCUT2D eigenvalue weighted by atomic mass is 10.1. The Morgan fingerprint density at radius 3 is 2.81 bits per heavy atom. The summed E-state index contributed by atoms with van der Waals surface area (Å²) in [6.45, 7) is 2.70. The van der Waals surface area contributed by atoms with E-state index in [1.165, 1.54) is 0 Å². The van der Waals surface area contributed by atoms with Gasteiger partial charge in [-0.3, -0.25) is 9.59 Å². The quantitative estimate of drug-likeness (QED) is 0.492. The van der Waals surface area contributed by atoms with E-state index in [0.717, 1.165) is 36.1 Å². The molecule has 2 atom stereocenters. The van der Waals surface area contributed by atoms with Crippen LogP contribution >= 0.6 is 23.2 Å². The van der Waals surface area contributed by atoms with Gasteiger partial charge in [-0.15, -0.1) is 0 Å². The molecule has 7 nitrogen and oxygen atoms in total. The fourth-order valence-electron chi connectivity index (χ4n) is 4.11. The maximum atomic E-state index is 12.8. The van der Waals surface area contributed by atoms with Gasteiger partial charge in [0.05, 0.1) is 27.8 Å². The van der Waals surface area contributed by atoms with Crippen molar-refractivity contribution in [3.8, 4) is 0 Å². The van der Waals surface area contributed by atoms with Gasteiger partial charge in [0.1, 0.15) is 5.82 Å². The van der Waals surface area contributed by atoms with Crippen LogP contribution in [-0.2, 0) is 4.79 Å². The van der Waals surface area contributed by atoms with Crippen molar-refractivity contribution in [1.29, 1.82) is 0 Å². The number of carbonyl (C=O) groups excluding carboxylic acids is 2. The monoisotopic (exact) mass is 473 g/mol. The second-order valence-corrected chi connectivity index (χ2v) is 8.86. The molecule has 0 radical (unpaired) electrons. The predicted molar refractivity (Wildman–Crippen MR) is 127 cm³/mol. The van der Waals surface area contributed by atoms with Gasteiger partial charge in [-0.2, -0.15) is 0 Å². The molecule has 1 aromatic heterocycles. The molecule has 2 aromatic carbocycles. The van der Waals surface area contributed by atoms with Gasteiger partial charge >= 0.3 is 0 Å². The number of rotatable bonds is 6. The number of halogens is 2. The van der Waals surface area contributed by atoms with Crippen LogP contribution in [0.3, 0.4) is 0 Å². The van der Waals surface area contributed by atoms with Crippen LogP contribution in [0.25, 0.3) is 11.0 Å². The molecule has 2 amide bonds. The minimum Gasteiger partial charge on any atom is -0.367 e. The van der Waals surface area contributed by atoms with Gasteiger partial charge in [-0.1, -0.05) is 23.2 Å². The molecule has 168 valence electrons. The molecule has 2 heterocycles. The molecule has 0 unspecified atom stereocenters. The fourth-order valence-corrected chi connectivity index (χ4v) is 4.57. The minimum atomic E-state index is -0.331. The van der Waals surface area contributed by atoms with E-state index in [4.69, 9.17) is 23.2 Å². The molecule has 0 spiro atoms. The number of aromatic nitrogens is 2. The summed E-state index contributed by atoms with van der Waals surface area (Å²) in [6.07, 6.45) is 2.36. The van der Waals surface area contributed by atoms with Crippen molar-refractivity contribution in [2.75, 3.05) is 18.5 Å². The molecule has 4 rings (SSSR count). The Bertz CT molecular complexity index is 1160. The van der Waals surface area contributed by atoms with E-state index in [-0.39, 0.29) is 23.9 Å². The highest BCUT2D eigenvalue weighted by Crippen LogP contribution is 2.34. The number of hydrogen-bond donors (Lipinski definition) is 3. The Morgan fingerprint density at radius 1 is 1.25 bits per heavy atom. The van der Waals surface area contributed by atoms with Gasteiger partial charge < -0.3 is 20.5 Å². The van der Waals surface area contributed by atoms with E-state index in [1.807, 2.05) is 19.1 Å². The maximum Gasteiger partial charge on any atom is 0.251 e. The largest absolute Gasteiger partial charge is 0.367 e. The van der Waals surface area contributed by atoms with Crippen molar-refractivity contribution >= 4 is 51.7 Å². The lowest BCUT2D eigenvalue weighted by Gasteiger charge is -2.27. The number of hydrogen-bond acceptors (Lipinski definition) is 4. The Balaban J connectivity index is 1.47. The van der Waals surface area contributed by atoms with Gasteiger partial charge in [0.15, 0.2) is 0 Å². The highest BCUT2D eigenvalue weighted by atomic mass is 35.5. The normalized spacial score (nSPS) is 16.9. The molecule has 0 bridgehead atoms. The molecule has 1 aliphatic rings. The van der Waals surface area contributed by atoms with Gasteiger partial charge in [0, 0.05) is 36.6 Å². The van der Waals surface area contributed by atoms with E-state index in [1.54, 1.807) is 31.3 Å². The number of fused-ring (bicyclic) bond motifs is 1. The van der Waals surface area contributed by atoms with Crippen LogP contribution in [0.5, 0.6) is 0 Å². The number of nitrogens with one attached hydrogen (secondary N) is 3. The zero-order valence-electron chi connectivity index (χ0n) is 17.9. The first-order valence-electron chi connectivity index (χ1n) is 10.6. The molecular weight excluding hydrogens is 449 g/mol. The van der Waals surface area contributed by atoms with E-state index in [0.29, 0.717) is 27.9 Å². The molecule has 0 saturated carbocycles. The number of aromatic amines is 1. The summed E-state index contributed by atoms with van der Waals surface area (Å²) in [6, 6.07) is 10.5. The molecule has 3 aromatic rings. The molecule has 32 heavy (non-hydrogen) atoms. The molecule has 9 heteroatoms. The SMILES string of the molecule is CNC(=O)C[C@H]1CCCN1c1ccc(C(=O)N[C@@H](C)c2nc3cc(Cl)ccc3[nH]2)cc1Cl. The van der Waals surface area contributed by atoms with E-state index in [9.17, 15) is 9.59 Å². The molecule has 1 saturated heterocycles. The second kappa shape index (κ2) is 9.38. The van der Waals surface area contributed by atoms with Crippen LogP contribution in [-0.4, -0.2) is 41.4 Å². The Hall–Kier alpha value is -2.77. The first-order valence-corrected chi connectivity index (χ1v) is 11.3. The van der Waals surface area contributed by atoms with Gasteiger partial charge in [0.25, 0.3) is 5.91 Å². The van der Waals surface area contributed by atoms with Gasteiger partial charge in [0.2, 0.25) is 5.91 Å². The summed E-state index contributed by atoms with van der Waals surface area (Å²) in [5.41, 5.74) is 2.91. The molecule has 1 aliphatic heterocycles. The number of benzene rings is 2. The Kier molecular flexibility index (Phi) is 6.58. The Labute approximate surface area is 196 Å². The first-order chi connectivity index (χ1) is 15.4. The van der Waals surface area contributed by atoms with Gasteiger partial charge in [-0.05, 0) is 56.2 Å². The summed E-state index contributed by atoms with van der Waals surface area (Å²) in [4.78, 5) is 34.6. The first kappa shape index (κ1) is 22.4. The lowest BCUT2D eigenvalue weighted by Crippen LogP contribution is -2.34. The van der Waals surface area contributed by atoms with Crippen molar-refractivity contribution in [2.45, 2.75) is 38.3 Å². The summed E-state index contributed by atoms with van der Waals surface area (Å²) in [5.74, 6) is 0.413. The molecular formula is C23H25Cl2N5O2. The van der Waals surface area contributed by atoms with E-state index >= 15 is 0 Å². The van der Waals surface area contributed by atoms with Crippen molar-refractivity contribution in [3.63, 3.8) is 0 Å². The number of amides is 2. The van der Waals surface area contributed by atoms with Crippen LogP contribution in [0.15, 0.2) is 36.4 Å². The average Bonchev–Trinajstić information content (AvgIpc) is 3.40. The standard InChI is InChI=1S/C23H25Cl2N5O2/c1-13(22-28-18-7-6-15(24)11-19(18)29-22)27-23(32)14-5-8-20(17(25)10-14)30-9-3-4-16(30)12-21(31)26-2/h5-8,10-11,13,16H,3-4,9,12H2,1-2H3,(H,26,31)(H,27,32)(H,28,29)/t13-,16+/m0/s1. The Morgan fingerprint density at radius 2 is 2.06 bits per heavy atom. The summed E-state index contributed by atoms with van der Waals surface area (Å²) < 4.78 is 0. The molecule has 0 aliphatic carbocycles. The number of nitrogens with zero attached hydrogens (tertiary/aromatic N) is 2. The fraction of sp³-hybridized carbons (Fsp3) is 0.348. The van der Waals surface area contributed by atoms with Crippen LogP contribution < -0.4 is 15.5 Å². The number of carbonyl (C=O) groups is 2. The molecule has 1 fully saturated rings. The second-order valence-electron chi connectivity index (χ2n) is 8.01. The minimum absolute atomic E-state index is 0.0101. The average molecular weight is 474 g/mol. The van der Waals surface area contributed by atoms with E-state index < -0.39 is 0 Å². The summed E-state index contributed by atoms with van der Waals surface area (Å²) in [7, 11) is 1.64. The molecule has 3 N–H and O–H groups in total. The van der Waals surface area contributed by atoms with E-state index in [2.05, 4.69) is 25.5 Å². The van der Waals surface area contributed by atoms with Crippen molar-refractivity contribution < 1.29 is 9.59 Å². The third kappa shape index (κ3) is 4.69. The summed E-state index contributed by atoms with van der Waals surface area (Å²) >= 11 is 12.6. The smallest absolute Gasteiger partial charge is 0.251 e. The summed E-state index contributed by atoms with van der Waals surface area (Å²) in [5, 5.41) is 6.74. The number of imidazole rings is 1. The highest BCUT2D eigenvalue weighted by molar-refractivity contribution is 6.33. The van der Waals surface area contributed by atoms with Crippen molar-refractivity contribution in [3.05, 3.63) is 57.8 Å². The zero-order valence-corrected chi connectivity index (χ0v) is 19.4. The van der Waals surface area contributed by atoms with Crippen LogP contribution in [0.1, 0.15) is 48.4 Å². The zero-order chi connectivity index (χ0) is 22.8. The highest BCUT2D eigenvalue weighted by Gasteiger charge is 2.28. The van der Waals surface area contributed by atoms with Crippen molar-refractivity contribution in [2.24, 2.45) is 0 Å².